The van der Waals surface area contributed by atoms with E-state index in [2.05, 4.69) is 10.0 Å². The van der Waals surface area contributed by atoms with Gasteiger partial charge in [-0.05, 0) is 42.5 Å². The van der Waals surface area contributed by atoms with Gasteiger partial charge >= 0.3 is 0 Å². The van der Waals surface area contributed by atoms with E-state index >= 15 is 0 Å². The van der Waals surface area contributed by atoms with Gasteiger partial charge in [0.2, 0.25) is 10.0 Å². The Labute approximate surface area is 149 Å². The van der Waals surface area contributed by atoms with Gasteiger partial charge in [0.05, 0.1) is 16.7 Å². The smallest absolute Gasteiger partial charge is 0.255 e. The van der Waals surface area contributed by atoms with Crippen LogP contribution in [0.4, 0.5) is 10.1 Å². The topological polar surface area (TPSA) is 99.1 Å². The standard InChI is InChI=1S/C16H13ClFN3O3S/c17-12-4-7-15(14(18)10-12)21-16(22)11-2-5-13(6-3-11)25(23,24)20-9-1-8-19/h2-7,10,20H,1,9H2,(H,21,22). The molecule has 6 nitrogen and oxygen atoms in total. The lowest BCUT2D eigenvalue weighted by Crippen LogP contribution is -2.24. The summed E-state index contributed by atoms with van der Waals surface area (Å²) in [7, 11) is -3.75. The number of nitrogens with one attached hydrogen (secondary N) is 2. The average Bonchev–Trinajstić information content (AvgIpc) is 2.57. The molecular weight excluding hydrogens is 369 g/mol. The Morgan fingerprint density at radius 3 is 2.48 bits per heavy atom. The minimum absolute atomic E-state index is 0.00306. The van der Waals surface area contributed by atoms with Crippen molar-refractivity contribution >= 4 is 33.2 Å². The monoisotopic (exact) mass is 381 g/mol. The van der Waals surface area contributed by atoms with Gasteiger partial charge in [-0.15, -0.1) is 0 Å². The zero-order chi connectivity index (χ0) is 18.4. The van der Waals surface area contributed by atoms with Crippen molar-refractivity contribution in [2.45, 2.75) is 11.3 Å². The van der Waals surface area contributed by atoms with Crippen molar-refractivity contribution in [3.8, 4) is 6.07 Å². The molecule has 2 N–H and O–H groups in total. The molecule has 0 aliphatic rings. The van der Waals surface area contributed by atoms with Crippen LogP contribution in [0.2, 0.25) is 5.02 Å². The Kier molecular flexibility index (Phi) is 6.09. The van der Waals surface area contributed by atoms with Gasteiger partial charge in [0, 0.05) is 23.6 Å². The number of sulfonamides is 1. The van der Waals surface area contributed by atoms with E-state index in [9.17, 15) is 17.6 Å². The van der Waals surface area contributed by atoms with Crippen LogP contribution in [0.1, 0.15) is 16.8 Å². The van der Waals surface area contributed by atoms with Gasteiger partial charge < -0.3 is 5.32 Å². The Morgan fingerprint density at radius 1 is 1.20 bits per heavy atom. The van der Waals surface area contributed by atoms with E-state index < -0.39 is 21.7 Å². The molecule has 0 spiro atoms. The minimum Gasteiger partial charge on any atom is -0.319 e. The molecule has 0 saturated heterocycles. The summed E-state index contributed by atoms with van der Waals surface area (Å²) in [5.41, 5.74) is 0.120. The van der Waals surface area contributed by atoms with Crippen LogP contribution in [0.5, 0.6) is 0 Å². The summed E-state index contributed by atoms with van der Waals surface area (Å²) in [6.45, 7) is -0.00306. The molecule has 0 unspecified atom stereocenters. The SMILES string of the molecule is N#CCCNS(=O)(=O)c1ccc(C(=O)Nc2ccc(Cl)cc2F)cc1. The Morgan fingerprint density at radius 2 is 1.88 bits per heavy atom. The number of carbonyl (C=O) groups excluding carboxylic acids is 1. The molecule has 0 aliphatic heterocycles. The molecule has 9 heteroatoms. The number of hydrogen-bond donors (Lipinski definition) is 2. The van der Waals surface area contributed by atoms with E-state index in [0.717, 1.165) is 6.07 Å². The van der Waals surface area contributed by atoms with Gasteiger partial charge in [-0.1, -0.05) is 11.6 Å². The van der Waals surface area contributed by atoms with E-state index in [1.807, 2.05) is 6.07 Å². The first-order valence-corrected chi connectivity index (χ1v) is 8.92. The third kappa shape index (κ3) is 5.00. The van der Waals surface area contributed by atoms with Crippen LogP contribution in [0, 0.1) is 17.1 Å². The van der Waals surface area contributed by atoms with Crippen molar-refractivity contribution in [1.82, 2.24) is 4.72 Å². The Balaban J connectivity index is 2.11. The third-order valence-electron chi connectivity index (χ3n) is 3.14. The molecule has 0 radical (unpaired) electrons. The number of rotatable bonds is 6. The molecule has 2 aromatic carbocycles. The van der Waals surface area contributed by atoms with Gasteiger partial charge in [-0.3, -0.25) is 4.79 Å². The van der Waals surface area contributed by atoms with E-state index in [0.29, 0.717) is 0 Å². The zero-order valence-electron chi connectivity index (χ0n) is 12.8. The number of anilines is 1. The molecular formula is C16H13ClFN3O3S. The van der Waals surface area contributed by atoms with E-state index in [-0.39, 0.29) is 34.1 Å². The lowest BCUT2D eigenvalue weighted by atomic mass is 10.2. The molecule has 1 amide bonds. The quantitative estimate of drug-likeness (QED) is 0.751. The summed E-state index contributed by atoms with van der Waals surface area (Å²) in [5, 5.41) is 11.0. The van der Waals surface area contributed by atoms with Crippen LogP contribution < -0.4 is 10.0 Å². The average molecular weight is 382 g/mol. The highest BCUT2D eigenvalue weighted by atomic mass is 35.5. The van der Waals surface area contributed by atoms with Crippen LogP contribution in [-0.2, 0) is 10.0 Å². The first-order valence-electron chi connectivity index (χ1n) is 7.06. The molecule has 130 valence electrons. The second-order valence-electron chi connectivity index (χ2n) is 4.91. The Hall–Kier alpha value is -2.47. The van der Waals surface area contributed by atoms with Gasteiger partial charge in [0.15, 0.2) is 0 Å². The molecule has 0 aliphatic carbocycles. The molecule has 2 aromatic rings. The highest BCUT2D eigenvalue weighted by molar-refractivity contribution is 7.89. The number of halogens is 2. The van der Waals surface area contributed by atoms with Crippen LogP contribution in [0.25, 0.3) is 0 Å². The molecule has 0 atom stereocenters. The summed E-state index contributed by atoms with van der Waals surface area (Å²) >= 11 is 5.64. The van der Waals surface area contributed by atoms with Gasteiger partial charge in [-0.25, -0.2) is 17.5 Å². The van der Waals surface area contributed by atoms with Gasteiger partial charge in [0.25, 0.3) is 5.91 Å². The predicted molar refractivity (Wildman–Crippen MR) is 91.2 cm³/mol. The second-order valence-corrected chi connectivity index (χ2v) is 7.11. The lowest BCUT2D eigenvalue weighted by Gasteiger charge is -2.08. The van der Waals surface area contributed by atoms with Crippen LogP contribution in [0.15, 0.2) is 47.4 Å². The van der Waals surface area contributed by atoms with Crippen molar-refractivity contribution in [1.29, 1.82) is 5.26 Å². The van der Waals surface area contributed by atoms with Crippen molar-refractivity contribution in [3.05, 3.63) is 58.9 Å². The van der Waals surface area contributed by atoms with Crippen LogP contribution >= 0.6 is 11.6 Å². The number of amides is 1. The highest BCUT2D eigenvalue weighted by Gasteiger charge is 2.15. The fraction of sp³-hybridized carbons (Fsp3) is 0.125. The highest BCUT2D eigenvalue weighted by Crippen LogP contribution is 2.20. The van der Waals surface area contributed by atoms with E-state index in [1.54, 1.807) is 0 Å². The van der Waals surface area contributed by atoms with E-state index in [1.165, 1.54) is 36.4 Å². The normalized spacial score (nSPS) is 10.9. The summed E-state index contributed by atoms with van der Waals surface area (Å²) in [6.07, 6.45) is 0.0480. The molecule has 2 rings (SSSR count). The van der Waals surface area contributed by atoms with Crippen molar-refractivity contribution < 1.29 is 17.6 Å². The number of carbonyl (C=O) groups is 1. The maximum atomic E-state index is 13.7. The molecule has 0 bridgehead atoms. The first kappa shape index (κ1) is 18.9. The van der Waals surface area contributed by atoms with Gasteiger partial charge in [0.1, 0.15) is 5.82 Å². The number of nitrogens with zero attached hydrogens (tertiary/aromatic N) is 1. The number of benzene rings is 2. The maximum absolute atomic E-state index is 13.7. The zero-order valence-corrected chi connectivity index (χ0v) is 14.4. The molecule has 0 heterocycles. The molecule has 0 saturated carbocycles. The molecule has 25 heavy (non-hydrogen) atoms. The molecule has 0 aromatic heterocycles. The second kappa shape index (κ2) is 8.07. The van der Waals surface area contributed by atoms with Crippen LogP contribution in [0.3, 0.4) is 0 Å². The van der Waals surface area contributed by atoms with Crippen molar-refractivity contribution in [2.24, 2.45) is 0 Å². The van der Waals surface area contributed by atoms with Crippen molar-refractivity contribution in [2.75, 3.05) is 11.9 Å². The van der Waals surface area contributed by atoms with Crippen LogP contribution in [-0.4, -0.2) is 20.9 Å². The summed E-state index contributed by atoms with van der Waals surface area (Å²) < 4.78 is 39.9. The largest absolute Gasteiger partial charge is 0.319 e. The number of nitriles is 1. The molecule has 0 fully saturated rings. The number of hydrogen-bond acceptors (Lipinski definition) is 4. The Bertz CT molecular complexity index is 925. The fourth-order valence-corrected chi connectivity index (χ4v) is 3.09. The summed E-state index contributed by atoms with van der Waals surface area (Å²) in [6, 6.07) is 10.8. The van der Waals surface area contributed by atoms with Crippen molar-refractivity contribution in [3.63, 3.8) is 0 Å². The summed E-state index contributed by atoms with van der Waals surface area (Å²) in [5.74, 6) is -1.27. The van der Waals surface area contributed by atoms with E-state index in [4.69, 9.17) is 16.9 Å². The third-order valence-corrected chi connectivity index (χ3v) is 4.85. The fourth-order valence-electron chi connectivity index (χ4n) is 1.90. The van der Waals surface area contributed by atoms with Gasteiger partial charge in [-0.2, -0.15) is 5.26 Å². The predicted octanol–water partition coefficient (Wildman–Crippen LogP) is 2.92. The maximum Gasteiger partial charge on any atom is 0.255 e. The first-order chi connectivity index (χ1) is 11.8. The summed E-state index contributed by atoms with van der Waals surface area (Å²) in [4.78, 5) is 12.1. The lowest BCUT2D eigenvalue weighted by molar-refractivity contribution is 0.102. The minimum atomic E-state index is -3.75.